The van der Waals surface area contributed by atoms with E-state index in [9.17, 15) is 25.2 Å². The molecule has 150 valence electrons. The Morgan fingerprint density at radius 3 is 2.71 bits per heavy atom. The molecule has 2 unspecified atom stereocenters. The summed E-state index contributed by atoms with van der Waals surface area (Å²) in [6.07, 6.45) is -0.245. The number of likely N-dealkylation sites (tertiary alicyclic amines) is 1. The number of phenols is 1. The molecule has 1 aromatic rings. The number of aromatic hydroxyl groups is 1. The van der Waals surface area contributed by atoms with Crippen molar-refractivity contribution in [3.8, 4) is 11.5 Å². The maximum absolute atomic E-state index is 12.9. The number of aliphatic hydroxyl groups is 3. The molecule has 2 bridgehead atoms. The zero-order chi connectivity index (χ0) is 19.6. The zero-order valence-corrected chi connectivity index (χ0v) is 15.8. The summed E-state index contributed by atoms with van der Waals surface area (Å²) in [6.45, 7) is 0.778. The average Bonchev–Trinajstić information content (AvgIpc) is 3.37. The Kier molecular flexibility index (Phi) is 3.01. The summed E-state index contributed by atoms with van der Waals surface area (Å²) in [5.41, 5.74) is -0.898. The maximum atomic E-state index is 12.9. The predicted molar refractivity (Wildman–Crippen MR) is 96.7 cm³/mol. The van der Waals surface area contributed by atoms with Crippen LogP contribution >= 0.6 is 0 Å². The van der Waals surface area contributed by atoms with Crippen molar-refractivity contribution >= 4 is 5.78 Å². The van der Waals surface area contributed by atoms with Gasteiger partial charge in [0.15, 0.2) is 23.8 Å². The van der Waals surface area contributed by atoms with Gasteiger partial charge >= 0.3 is 0 Å². The van der Waals surface area contributed by atoms with Gasteiger partial charge in [-0.1, -0.05) is 6.07 Å². The number of piperidine rings is 1. The van der Waals surface area contributed by atoms with Gasteiger partial charge in [-0.15, -0.1) is 0 Å². The minimum atomic E-state index is -1.39. The molecule has 4 N–H and O–H groups in total. The highest BCUT2D eigenvalue weighted by molar-refractivity contribution is 5.93. The second-order valence-electron chi connectivity index (χ2n) is 9.84. The minimum Gasteiger partial charge on any atom is -0.504 e. The fourth-order valence-electron chi connectivity index (χ4n) is 6.94. The van der Waals surface area contributed by atoms with E-state index in [1.807, 2.05) is 13.1 Å². The topological polar surface area (TPSA) is 107 Å². The lowest BCUT2D eigenvalue weighted by atomic mass is 9.47. The molecule has 1 aromatic carbocycles. The summed E-state index contributed by atoms with van der Waals surface area (Å²) in [4.78, 5) is 12.9. The number of Topliss-reactive ketones (excluding diaryl/α,β-unsaturated/α-hetero) is 1. The zero-order valence-electron chi connectivity index (χ0n) is 15.8. The van der Waals surface area contributed by atoms with Gasteiger partial charge in [0, 0.05) is 30.7 Å². The van der Waals surface area contributed by atoms with E-state index < -0.39 is 35.2 Å². The van der Waals surface area contributed by atoms with Gasteiger partial charge in [-0.05, 0) is 24.5 Å². The smallest absolute Gasteiger partial charge is 0.202 e. The molecule has 2 aliphatic heterocycles. The Bertz CT molecular complexity index is 914. The van der Waals surface area contributed by atoms with Crippen LogP contribution in [0.5, 0.6) is 11.5 Å². The van der Waals surface area contributed by atoms with Gasteiger partial charge in [-0.3, -0.25) is 9.28 Å². The van der Waals surface area contributed by atoms with Crippen LogP contribution in [0.4, 0.5) is 0 Å². The van der Waals surface area contributed by atoms with Gasteiger partial charge in [0.2, 0.25) is 5.78 Å². The number of carbonyl (C=O) groups is 1. The van der Waals surface area contributed by atoms with Crippen molar-refractivity contribution in [3.63, 3.8) is 0 Å². The molecule has 28 heavy (non-hydrogen) atoms. The highest BCUT2D eigenvalue weighted by Crippen LogP contribution is 2.66. The quantitative estimate of drug-likeness (QED) is 0.530. The van der Waals surface area contributed by atoms with E-state index >= 15 is 0 Å². The number of rotatable bonds is 2. The number of hydrogen-bond donors (Lipinski definition) is 4. The number of hydrogen-bond acceptors (Lipinski definition) is 6. The third-order valence-corrected chi connectivity index (χ3v) is 8.43. The standard InChI is InChI=1S/C21H25NO6/c1-22(9-10-2-3-10)14-6-11-4-5-12(23)18-16(11)20(8-15(22)25)19(28-18)17(26)13(24)7-21(14,20)27/h4-5,10,13-15,19,24-25,27H,2-3,6-9H2,1H3/p+1/t13?,14-,15?,19-,20-,21+,22+/m0/s1. The Hall–Kier alpha value is -1.67. The summed E-state index contributed by atoms with van der Waals surface area (Å²) in [7, 11) is 2.00. The predicted octanol–water partition coefficient (Wildman–Crippen LogP) is -0.0408. The third-order valence-electron chi connectivity index (χ3n) is 8.43. The van der Waals surface area contributed by atoms with E-state index in [1.54, 1.807) is 6.07 Å². The Morgan fingerprint density at radius 2 is 2.00 bits per heavy atom. The molecule has 7 atom stereocenters. The number of phenolic OH excluding ortho intramolecular Hbond substituents is 1. The fraction of sp³-hybridized carbons (Fsp3) is 0.667. The number of quaternary nitrogens is 1. The van der Waals surface area contributed by atoms with Crippen molar-refractivity contribution < 1.29 is 34.4 Å². The van der Waals surface area contributed by atoms with Crippen LogP contribution in [-0.4, -0.2) is 74.4 Å². The van der Waals surface area contributed by atoms with Crippen molar-refractivity contribution in [3.05, 3.63) is 23.3 Å². The van der Waals surface area contributed by atoms with E-state index in [1.165, 1.54) is 0 Å². The first-order chi connectivity index (χ1) is 13.2. The highest BCUT2D eigenvalue weighted by Gasteiger charge is 2.79. The lowest BCUT2D eigenvalue weighted by Gasteiger charge is -2.66. The molecule has 3 aliphatic carbocycles. The largest absolute Gasteiger partial charge is 0.504 e. The minimum absolute atomic E-state index is 0.0594. The molecule has 0 amide bonds. The molecule has 0 radical (unpaired) electrons. The molecule has 3 fully saturated rings. The first-order valence-electron chi connectivity index (χ1n) is 10.2. The first kappa shape index (κ1) is 17.2. The molecule has 0 aromatic heterocycles. The van der Waals surface area contributed by atoms with Crippen molar-refractivity contribution in [2.75, 3.05) is 13.6 Å². The van der Waals surface area contributed by atoms with Crippen LogP contribution in [0.3, 0.4) is 0 Å². The van der Waals surface area contributed by atoms with E-state index in [-0.39, 0.29) is 30.4 Å². The number of benzene rings is 1. The highest BCUT2D eigenvalue weighted by atomic mass is 16.5. The van der Waals surface area contributed by atoms with Gasteiger partial charge in [0.05, 0.1) is 19.0 Å². The van der Waals surface area contributed by atoms with Crippen LogP contribution in [0, 0.1) is 5.92 Å². The van der Waals surface area contributed by atoms with E-state index in [0.717, 1.165) is 24.9 Å². The molecule has 1 spiro atoms. The molecule has 1 saturated heterocycles. The molecule has 2 heterocycles. The molecule has 7 nitrogen and oxygen atoms in total. The SMILES string of the molecule is C[N@+]1(CC2CC2)C(O)C[C@]23c4c5ccc(O)c4O[C@H]2C(=O)C(O)C[C@@]3(O)[C@@H]1C5. The Balaban J connectivity index is 1.63. The summed E-state index contributed by atoms with van der Waals surface area (Å²) < 4.78 is 6.26. The number of likely N-dealkylation sites (N-methyl/N-ethyl adjacent to an activating group) is 1. The monoisotopic (exact) mass is 388 g/mol. The summed E-state index contributed by atoms with van der Waals surface area (Å²) >= 11 is 0. The van der Waals surface area contributed by atoms with E-state index in [2.05, 4.69) is 0 Å². The van der Waals surface area contributed by atoms with Crippen LogP contribution in [0.25, 0.3) is 0 Å². The maximum Gasteiger partial charge on any atom is 0.202 e. The van der Waals surface area contributed by atoms with Gasteiger partial charge in [0.1, 0.15) is 17.7 Å². The van der Waals surface area contributed by atoms with Crippen molar-refractivity contribution in [2.24, 2.45) is 5.92 Å². The number of ketones is 1. The lowest BCUT2D eigenvalue weighted by molar-refractivity contribution is -0.992. The van der Waals surface area contributed by atoms with E-state index in [0.29, 0.717) is 22.4 Å². The molecule has 6 rings (SSSR count). The third kappa shape index (κ3) is 1.70. The second-order valence-corrected chi connectivity index (χ2v) is 9.84. The fourth-order valence-corrected chi connectivity index (χ4v) is 6.94. The van der Waals surface area contributed by atoms with Crippen LogP contribution in [-0.2, 0) is 16.6 Å². The molecular weight excluding hydrogens is 362 g/mol. The molecule has 5 aliphatic rings. The number of nitrogens with zero attached hydrogens (tertiary/aromatic N) is 1. The van der Waals surface area contributed by atoms with Crippen LogP contribution in [0.2, 0.25) is 0 Å². The van der Waals surface area contributed by atoms with Gasteiger partial charge in [-0.25, -0.2) is 0 Å². The summed E-state index contributed by atoms with van der Waals surface area (Å²) in [5, 5.41) is 44.4. The van der Waals surface area contributed by atoms with Crippen molar-refractivity contribution in [2.45, 2.75) is 67.6 Å². The molecular formula is C21H26NO6+. The second kappa shape index (κ2) is 4.90. The molecule has 2 saturated carbocycles. The van der Waals surface area contributed by atoms with Gasteiger partial charge < -0.3 is 25.2 Å². The van der Waals surface area contributed by atoms with E-state index in [4.69, 9.17) is 4.74 Å². The normalized spacial score (nSPS) is 48.2. The average molecular weight is 388 g/mol. The number of carbonyl (C=O) groups excluding carboxylic acids is 1. The van der Waals surface area contributed by atoms with Gasteiger partial charge in [0.25, 0.3) is 0 Å². The van der Waals surface area contributed by atoms with Gasteiger partial charge in [-0.2, -0.15) is 0 Å². The number of aliphatic hydroxyl groups excluding tert-OH is 2. The number of ether oxygens (including phenoxy) is 1. The lowest BCUT2D eigenvalue weighted by Crippen LogP contribution is -2.84. The van der Waals surface area contributed by atoms with Crippen LogP contribution < -0.4 is 4.74 Å². The van der Waals surface area contributed by atoms with Crippen LogP contribution in [0.15, 0.2) is 12.1 Å². The van der Waals surface area contributed by atoms with Crippen LogP contribution in [0.1, 0.15) is 36.8 Å². The summed E-state index contributed by atoms with van der Waals surface area (Å²) in [6, 6.07) is 3.07. The van der Waals surface area contributed by atoms with Crippen molar-refractivity contribution in [1.29, 1.82) is 0 Å². The Morgan fingerprint density at radius 1 is 1.25 bits per heavy atom. The molecule has 7 heteroatoms. The van der Waals surface area contributed by atoms with Crippen molar-refractivity contribution in [1.82, 2.24) is 0 Å². The Labute approximate surface area is 162 Å². The first-order valence-corrected chi connectivity index (χ1v) is 10.2. The summed E-state index contributed by atoms with van der Waals surface area (Å²) in [5.74, 6) is 0.227.